The monoisotopic (exact) mass is 629 g/mol. The van der Waals surface area contributed by atoms with E-state index < -0.39 is 21.1 Å². The molecular formula is C34H39N5O5S. The average molecular weight is 630 g/mol. The number of anilines is 2. The molecule has 0 aliphatic heterocycles. The van der Waals surface area contributed by atoms with Crippen LogP contribution in [0, 0.1) is 6.92 Å². The highest BCUT2D eigenvalue weighted by atomic mass is 32.2. The standard InChI is InChI=1S/C34H39N5O5S/c1-21-7-5-6-8-29(21)22(2)36-19-32(40)38-26-11-14-31(45(43,44)28-12-13-28)25(17-26)20-39(4)34(42)23(3)37-27-10-9-24-15-16-35-33(41)30(24)18-27/h5-11,14-18,22-23,28,36-37H,12-13,19-20H2,1-4H3,(H,35,41)(H,38,40)/t22-,23-/m1/s1. The number of carbonyl (C=O) groups is 2. The van der Waals surface area contributed by atoms with E-state index in [9.17, 15) is 22.8 Å². The van der Waals surface area contributed by atoms with Crippen molar-refractivity contribution in [2.45, 2.75) is 62.4 Å². The van der Waals surface area contributed by atoms with Crippen molar-refractivity contribution < 1.29 is 18.0 Å². The lowest BCUT2D eigenvalue weighted by molar-refractivity contribution is -0.130. The van der Waals surface area contributed by atoms with Crippen LogP contribution >= 0.6 is 0 Å². The molecule has 1 fully saturated rings. The second-order valence-electron chi connectivity index (χ2n) is 11.7. The van der Waals surface area contributed by atoms with Gasteiger partial charge in [-0.25, -0.2) is 8.42 Å². The number of aryl methyl sites for hydroxylation is 1. The fourth-order valence-electron chi connectivity index (χ4n) is 5.50. The van der Waals surface area contributed by atoms with Crippen LogP contribution < -0.4 is 21.5 Å². The van der Waals surface area contributed by atoms with Gasteiger partial charge in [0.25, 0.3) is 5.56 Å². The molecule has 1 aromatic heterocycles. The van der Waals surface area contributed by atoms with E-state index in [1.165, 1.54) is 11.0 Å². The number of nitrogens with one attached hydrogen (secondary N) is 4. The Kier molecular flexibility index (Phi) is 9.40. The summed E-state index contributed by atoms with van der Waals surface area (Å²) in [5.41, 5.74) is 3.50. The number of sulfone groups is 1. The summed E-state index contributed by atoms with van der Waals surface area (Å²) in [6, 6.07) is 19.1. The number of hydrogen-bond acceptors (Lipinski definition) is 7. The summed E-state index contributed by atoms with van der Waals surface area (Å²) in [6.45, 7) is 5.82. The number of hydrogen-bond donors (Lipinski definition) is 4. The Morgan fingerprint density at radius 3 is 2.47 bits per heavy atom. The quantitative estimate of drug-likeness (QED) is 0.181. The van der Waals surface area contributed by atoms with Crippen LogP contribution in [0.2, 0.25) is 0 Å². The average Bonchev–Trinajstić information content (AvgIpc) is 3.87. The van der Waals surface area contributed by atoms with Gasteiger partial charge < -0.3 is 25.8 Å². The zero-order valence-corrected chi connectivity index (χ0v) is 26.7. The summed E-state index contributed by atoms with van der Waals surface area (Å²) in [5.74, 6) is -0.536. The van der Waals surface area contributed by atoms with E-state index in [4.69, 9.17) is 0 Å². The van der Waals surface area contributed by atoms with Crippen molar-refractivity contribution >= 4 is 43.8 Å². The van der Waals surface area contributed by atoms with E-state index in [1.54, 1.807) is 50.5 Å². The molecule has 1 saturated carbocycles. The van der Waals surface area contributed by atoms with Gasteiger partial charge in [-0.15, -0.1) is 0 Å². The third kappa shape index (κ3) is 7.43. The highest BCUT2D eigenvalue weighted by Gasteiger charge is 2.38. The van der Waals surface area contributed by atoms with E-state index in [0.717, 1.165) is 16.5 Å². The summed E-state index contributed by atoms with van der Waals surface area (Å²) in [6.07, 6.45) is 2.80. The van der Waals surface area contributed by atoms with Gasteiger partial charge in [-0.05, 0) is 92.1 Å². The number of benzene rings is 3. The van der Waals surface area contributed by atoms with Crippen LogP contribution in [0.4, 0.5) is 11.4 Å². The molecule has 11 heteroatoms. The molecule has 0 saturated heterocycles. The van der Waals surface area contributed by atoms with Gasteiger partial charge in [0.2, 0.25) is 11.8 Å². The number of pyridine rings is 1. The highest BCUT2D eigenvalue weighted by Crippen LogP contribution is 2.36. The number of H-pyrrole nitrogens is 1. The summed E-state index contributed by atoms with van der Waals surface area (Å²) in [4.78, 5) is 42.8. The Morgan fingerprint density at radius 1 is 1.00 bits per heavy atom. The third-order valence-electron chi connectivity index (χ3n) is 8.15. The van der Waals surface area contributed by atoms with E-state index in [-0.39, 0.29) is 41.4 Å². The highest BCUT2D eigenvalue weighted by molar-refractivity contribution is 7.92. The maximum absolute atomic E-state index is 13.4. The molecule has 0 radical (unpaired) electrons. The van der Waals surface area contributed by atoms with Crippen LogP contribution in [-0.4, -0.2) is 55.0 Å². The number of rotatable bonds is 12. The molecule has 2 amide bonds. The van der Waals surface area contributed by atoms with Crippen LogP contribution in [0.3, 0.4) is 0 Å². The van der Waals surface area contributed by atoms with E-state index in [2.05, 4.69) is 20.9 Å². The van der Waals surface area contributed by atoms with Crippen molar-refractivity contribution in [2.75, 3.05) is 24.2 Å². The Balaban J connectivity index is 1.29. The third-order valence-corrected chi connectivity index (χ3v) is 10.5. The molecule has 0 spiro atoms. The van der Waals surface area contributed by atoms with Gasteiger partial charge in [-0.1, -0.05) is 30.3 Å². The minimum Gasteiger partial charge on any atom is -0.374 e. The lowest BCUT2D eigenvalue weighted by Crippen LogP contribution is -2.39. The van der Waals surface area contributed by atoms with E-state index in [0.29, 0.717) is 35.2 Å². The number of likely N-dealkylation sites (N-methyl/N-ethyl adjacent to an activating group) is 1. The lowest BCUT2D eigenvalue weighted by Gasteiger charge is -2.24. The topological polar surface area (TPSA) is 140 Å². The second kappa shape index (κ2) is 13.3. The van der Waals surface area contributed by atoms with Crippen molar-refractivity contribution in [2.24, 2.45) is 0 Å². The Morgan fingerprint density at radius 2 is 1.73 bits per heavy atom. The number of nitrogens with zero attached hydrogens (tertiary/aromatic N) is 1. The van der Waals surface area contributed by atoms with Gasteiger partial charge in [0, 0.05) is 42.6 Å². The molecule has 4 aromatic rings. The first-order valence-corrected chi connectivity index (χ1v) is 16.6. The Bertz CT molecular complexity index is 1900. The van der Waals surface area contributed by atoms with Crippen molar-refractivity contribution in [1.82, 2.24) is 15.2 Å². The molecule has 3 aromatic carbocycles. The van der Waals surface area contributed by atoms with Gasteiger partial charge in [-0.2, -0.15) is 0 Å². The normalized spacial score (nSPS) is 14.5. The summed E-state index contributed by atoms with van der Waals surface area (Å²) in [7, 11) is -1.96. The molecule has 1 aliphatic rings. The summed E-state index contributed by atoms with van der Waals surface area (Å²) >= 11 is 0. The predicted molar refractivity (Wildman–Crippen MR) is 177 cm³/mol. The smallest absolute Gasteiger partial charge is 0.255 e. The predicted octanol–water partition coefficient (Wildman–Crippen LogP) is 4.52. The summed E-state index contributed by atoms with van der Waals surface area (Å²) < 4.78 is 26.6. The van der Waals surface area contributed by atoms with Gasteiger partial charge in [-0.3, -0.25) is 14.4 Å². The van der Waals surface area contributed by atoms with Gasteiger partial charge in [0.1, 0.15) is 6.04 Å². The number of carbonyl (C=O) groups excluding carboxylic acids is 2. The first-order valence-electron chi connectivity index (χ1n) is 15.0. The number of fused-ring (bicyclic) bond motifs is 1. The molecule has 236 valence electrons. The fourth-order valence-corrected chi connectivity index (χ4v) is 7.36. The maximum Gasteiger partial charge on any atom is 0.255 e. The minimum atomic E-state index is -3.57. The minimum absolute atomic E-state index is 0.0236. The van der Waals surface area contributed by atoms with Crippen LogP contribution in [0.5, 0.6) is 0 Å². The van der Waals surface area contributed by atoms with Crippen LogP contribution in [-0.2, 0) is 26.0 Å². The van der Waals surface area contributed by atoms with Crippen molar-refractivity contribution in [1.29, 1.82) is 0 Å². The largest absolute Gasteiger partial charge is 0.374 e. The first kappa shape index (κ1) is 31.9. The molecule has 0 unspecified atom stereocenters. The first-order chi connectivity index (χ1) is 21.4. The van der Waals surface area contributed by atoms with E-state index >= 15 is 0 Å². The van der Waals surface area contributed by atoms with Gasteiger partial charge in [0.15, 0.2) is 9.84 Å². The van der Waals surface area contributed by atoms with Crippen molar-refractivity contribution in [3.8, 4) is 0 Å². The van der Waals surface area contributed by atoms with E-state index in [1.807, 2.05) is 44.2 Å². The summed E-state index contributed by atoms with van der Waals surface area (Å²) in [5, 5.41) is 10.1. The van der Waals surface area contributed by atoms with Crippen molar-refractivity contribution in [3.63, 3.8) is 0 Å². The molecule has 45 heavy (non-hydrogen) atoms. The SMILES string of the molecule is Cc1ccccc1[C@@H](C)NCC(=O)Nc1ccc(S(=O)(=O)C2CC2)c(CN(C)C(=O)[C@@H](C)Nc2ccc3cc[nH]c(=O)c3c2)c1. The number of aromatic nitrogens is 1. The molecule has 10 nitrogen and oxygen atoms in total. The molecule has 1 heterocycles. The zero-order chi connectivity index (χ0) is 32.3. The second-order valence-corrected chi connectivity index (χ2v) is 13.9. The fraction of sp³-hybridized carbons (Fsp3) is 0.324. The molecular weight excluding hydrogens is 590 g/mol. The zero-order valence-electron chi connectivity index (χ0n) is 25.9. The van der Waals surface area contributed by atoms with Gasteiger partial charge >= 0.3 is 0 Å². The van der Waals surface area contributed by atoms with Crippen LogP contribution in [0.25, 0.3) is 10.8 Å². The number of aromatic amines is 1. The molecule has 2 atom stereocenters. The van der Waals surface area contributed by atoms with Crippen LogP contribution in [0.15, 0.2) is 82.6 Å². The Hall–Kier alpha value is -4.48. The molecule has 5 rings (SSSR count). The lowest BCUT2D eigenvalue weighted by atomic mass is 10.0. The van der Waals surface area contributed by atoms with Crippen LogP contribution in [0.1, 0.15) is 49.4 Å². The maximum atomic E-state index is 13.4. The molecule has 0 bridgehead atoms. The number of amides is 2. The molecule has 4 N–H and O–H groups in total. The van der Waals surface area contributed by atoms with Crippen molar-refractivity contribution in [3.05, 3.63) is 100.0 Å². The molecule has 1 aliphatic carbocycles. The van der Waals surface area contributed by atoms with Gasteiger partial charge in [0.05, 0.1) is 16.7 Å². The Labute approximate surface area is 263 Å².